The quantitative estimate of drug-likeness (QED) is 0.160. The second-order valence-corrected chi connectivity index (χ2v) is 9.92. The van der Waals surface area contributed by atoms with Crippen molar-refractivity contribution in [3.8, 4) is 23.5 Å². The number of aromatic nitrogens is 4. The normalized spacial score (nSPS) is 11.1. The van der Waals surface area contributed by atoms with Gasteiger partial charge in [0.25, 0.3) is 10.2 Å². The van der Waals surface area contributed by atoms with Crippen molar-refractivity contribution in [1.82, 2.24) is 24.7 Å². The molecule has 0 aliphatic carbocycles. The van der Waals surface area contributed by atoms with E-state index in [0.29, 0.717) is 17.1 Å². The van der Waals surface area contributed by atoms with E-state index in [1.165, 1.54) is 7.11 Å². The van der Waals surface area contributed by atoms with E-state index in [0.717, 1.165) is 18.0 Å². The van der Waals surface area contributed by atoms with Crippen molar-refractivity contribution in [1.29, 1.82) is 0 Å². The second-order valence-electron chi connectivity index (χ2n) is 8.07. The highest BCUT2D eigenvalue weighted by Crippen LogP contribution is 2.19. The number of rotatable bonds is 14. The van der Waals surface area contributed by atoms with Gasteiger partial charge in [0.1, 0.15) is 31.3 Å². The van der Waals surface area contributed by atoms with E-state index in [1.54, 1.807) is 48.5 Å². The molecule has 16 heteroatoms. The molecule has 0 spiro atoms. The maximum atomic E-state index is 14.2. The van der Waals surface area contributed by atoms with Gasteiger partial charge >= 0.3 is 12.0 Å². The SMILES string of the molecule is COc1cccc(COc2ncc(F)c(NS(=O)(=O)NCCOc3cccc(COc4ncc(F)c(Cl)n4)c3)n2)c1. The molecule has 2 aromatic heterocycles. The van der Waals surface area contributed by atoms with Gasteiger partial charge in [0.05, 0.1) is 19.5 Å². The summed E-state index contributed by atoms with van der Waals surface area (Å²) in [4.78, 5) is 14.9. The summed E-state index contributed by atoms with van der Waals surface area (Å²) in [5.41, 5.74) is 1.42. The van der Waals surface area contributed by atoms with Crippen LogP contribution in [0.2, 0.25) is 5.15 Å². The van der Waals surface area contributed by atoms with Crippen LogP contribution in [0.25, 0.3) is 0 Å². The Morgan fingerprint density at radius 1 is 0.854 bits per heavy atom. The summed E-state index contributed by atoms with van der Waals surface area (Å²) in [5.74, 6) is -1.29. The molecule has 216 valence electrons. The van der Waals surface area contributed by atoms with E-state index in [1.807, 2.05) is 4.72 Å². The monoisotopic (exact) mass is 608 g/mol. The maximum Gasteiger partial charge on any atom is 0.318 e. The van der Waals surface area contributed by atoms with Crippen molar-refractivity contribution in [3.63, 3.8) is 0 Å². The van der Waals surface area contributed by atoms with Crippen LogP contribution in [0.15, 0.2) is 60.9 Å². The molecule has 0 amide bonds. The summed E-state index contributed by atoms with van der Waals surface area (Å²) in [6, 6.07) is 13.5. The van der Waals surface area contributed by atoms with E-state index < -0.39 is 27.7 Å². The van der Waals surface area contributed by atoms with E-state index in [4.69, 9.17) is 30.5 Å². The fourth-order valence-corrected chi connectivity index (χ4v) is 4.13. The molecule has 41 heavy (non-hydrogen) atoms. The van der Waals surface area contributed by atoms with Crippen molar-refractivity contribution in [2.24, 2.45) is 0 Å². The Labute approximate surface area is 238 Å². The predicted octanol–water partition coefficient (Wildman–Crippen LogP) is 3.69. The lowest BCUT2D eigenvalue weighted by Crippen LogP contribution is -2.34. The van der Waals surface area contributed by atoms with Gasteiger partial charge in [-0.25, -0.2) is 18.7 Å². The highest BCUT2D eigenvalue weighted by Gasteiger charge is 2.16. The molecule has 0 bridgehead atoms. The van der Waals surface area contributed by atoms with Crippen molar-refractivity contribution in [2.75, 3.05) is 25.0 Å². The number of methoxy groups -OCH3 is 1. The Balaban J connectivity index is 1.25. The molecule has 4 rings (SSSR count). The Bertz CT molecular complexity index is 1600. The molecule has 0 saturated heterocycles. The number of hydrogen-bond acceptors (Lipinski definition) is 10. The first-order valence-corrected chi connectivity index (χ1v) is 13.6. The molecule has 0 unspecified atom stereocenters. The molecule has 0 atom stereocenters. The third-order valence-corrected chi connectivity index (χ3v) is 6.37. The van der Waals surface area contributed by atoms with E-state index in [9.17, 15) is 17.2 Å². The van der Waals surface area contributed by atoms with Gasteiger partial charge in [-0.05, 0) is 35.4 Å². The fraction of sp³-hybridized carbons (Fsp3) is 0.200. The molecule has 0 aliphatic rings. The van der Waals surface area contributed by atoms with Gasteiger partial charge in [-0.2, -0.15) is 23.1 Å². The van der Waals surface area contributed by atoms with Crippen LogP contribution in [0.3, 0.4) is 0 Å². The van der Waals surface area contributed by atoms with E-state index in [-0.39, 0.29) is 43.5 Å². The second kappa shape index (κ2) is 13.8. The van der Waals surface area contributed by atoms with Crippen LogP contribution in [0.5, 0.6) is 23.5 Å². The lowest BCUT2D eigenvalue weighted by Gasteiger charge is -2.12. The molecule has 0 saturated carbocycles. The Morgan fingerprint density at radius 2 is 1.46 bits per heavy atom. The van der Waals surface area contributed by atoms with E-state index in [2.05, 4.69) is 24.7 Å². The summed E-state index contributed by atoms with van der Waals surface area (Å²) in [6.45, 7) is -0.106. The molecular formula is C25H23ClF2N6O6S. The number of halogens is 3. The molecular weight excluding hydrogens is 586 g/mol. The van der Waals surface area contributed by atoms with Gasteiger partial charge in [-0.15, -0.1) is 0 Å². The maximum absolute atomic E-state index is 14.2. The number of nitrogens with one attached hydrogen (secondary N) is 2. The highest BCUT2D eigenvalue weighted by atomic mass is 35.5. The zero-order valence-corrected chi connectivity index (χ0v) is 23.0. The minimum Gasteiger partial charge on any atom is -0.497 e. The Hall–Kier alpha value is -4.34. The summed E-state index contributed by atoms with van der Waals surface area (Å²) in [7, 11) is -2.68. The lowest BCUT2D eigenvalue weighted by molar-refractivity contribution is 0.277. The lowest BCUT2D eigenvalue weighted by atomic mass is 10.2. The number of anilines is 1. The van der Waals surface area contributed by atoms with Crippen LogP contribution in [-0.2, 0) is 23.4 Å². The third kappa shape index (κ3) is 9.09. The molecule has 0 fully saturated rings. The highest BCUT2D eigenvalue weighted by molar-refractivity contribution is 7.90. The van der Waals surface area contributed by atoms with Crippen molar-refractivity contribution >= 4 is 27.6 Å². The average Bonchev–Trinajstić information content (AvgIpc) is 2.96. The summed E-state index contributed by atoms with van der Waals surface area (Å²) in [6.07, 6.45) is 1.69. The smallest absolute Gasteiger partial charge is 0.318 e. The van der Waals surface area contributed by atoms with Gasteiger partial charge in [-0.3, -0.25) is 4.72 Å². The standard InChI is InChI=1S/C25H23ClF2N6O6S/c1-37-18-6-2-4-16(10-18)14-40-25-30-13-21(28)23(33-25)34-41(35,36)31-8-9-38-19-7-3-5-17(11-19)15-39-24-29-12-20(27)22(26)32-24/h2-7,10-13,31H,8-9,14-15H2,1H3,(H,30,33,34). The fourth-order valence-electron chi connectivity index (χ4n) is 3.18. The van der Waals surface area contributed by atoms with Gasteiger partial charge in [-0.1, -0.05) is 35.9 Å². The van der Waals surface area contributed by atoms with Crippen LogP contribution >= 0.6 is 11.6 Å². The molecule has 2 heterocycles. The zero-order valence-electron chi connectivity index (χ0n) is 21.4. The summed E-state index contributed by atoms with van der Waals surface area (Å²) >= 11 is 5.61. The van der Waals surface area contributed by atoms with E-state index >= 15 is 0 Å². The largest absolute Gasteiger partial charge is 0.497 e. The van der Waals surface area contributed by atoms with Crippen molar-refractivity contribution in [2.45, 2.75) is 13.2 Å². The molecule has 0 radical (unpaired) electrons. The Kier molecular flexibility index (Phi) is 10.00. The molecule has 4 aromatic rings. The number of hydrogen-bond donors (Lipinski definition) is 2. The minimum atomic E-state index is -4.21. The molecule has 2 aromatic carbocycles. The van der Waals surface area contributed by atoms with Crippen LogP contribution in [-0.4, -0.2) is 48.6 Å². The van der Waals surface area contributed by atoms with Crippen LogP contribution in [0.4, 0.5) is 14.6 Å². The first-order chi connectivity index (χ1) is 19.7. The van der Waals surface area contributed by atoms with Gasteiger partial charge in [0.2, 0.25) is 0 Å². The zero-order chi connectivity index (χ0) is 29.2. The predicted molar refractivity (Wildman–Crippen MR) is 143 cm³/mol. The van der Waals surface area contributed by atoms with Crippen LogP contribution < -0.4 is 28.4 Å². The van der Waals surface area contributed by atoms with Crippen LogP contribution in [0, 0.1) is 11.6 Å². The van der Waals surface area contributed by atoms with Crippen molar-refractivity contribution < 1.29 is 36.1 Å². The number of nitrogens with zero attached hydrogens (tertiary/aromatic N) is 4. The minimum absolute atomic E-state index is 0.0471. The topological polar surface area (TPSA) is 147 Å². The average molecular weight is 609 g/mol. The molecule has 2 N–H and O–H groups in total. The molecule has 12 nitrogen and oxygen atoms in total. The summed E-state index contributed by atoms with van der Waals surface area (Å²) < 4.78 is 78.0. The van der Waals surface area contributed by atoms with Crippen molar-refractivity contribution in [3.05, 3.63) is 88.8 Å². The Morgan fingerprint density at radius 3 is 2.12 bits per heavy atom. The molecule has 0 aliphatic heterocycles. The van der Waals surface area contributed by atoms with Gasteiger partial charge in [0.15, 0.2) is 22.6 Å². The number of ether oxygens (including phenoxy) is 4. The first-order valence-electron chi connectivity index (χ1n) is 11.8. The number of benzene rings is 2. The first kappa shape index (κ1) is 29.6. The third-order valence-electron chi connectivity index (χ3n) is 5.06. The summed E-state index contributed by atoms with van der Waals surface area (Å²) in [5, 5.41) is -0.357. The van der Waals surface area contributed by atoms with Gasteiger partial charge in [0, 0.05) is 6.54 Å². The van der Waals surface area contributed by atoms with Crippen LogP contribution in [0.1, 0.15) is 11.1 Å². The van der Waals surface area contributed by atoms with Gasteiger partial charge < -0.3 is 18.9 Å².